The lowest BCUT2D eigenvalue weighted by molar-refractivity contribution is 0.0604. The number of methoxy groups -OCH3 is 2. The molecule has 0 N–H and O–H groups in total. The van der Waals surface area contributed by atoms with Gasteiger partial charge in [0, 0.05) is 32.7 Å². The van der Waals surface area contributed by atoms with Crippen LogP contribution in [0.15, 0.2) is 30.4 Å². The summed E-state index contributed by atoms with van der Waals surface area (Å²) in [5, 5.41) is 0. The van der Waals surface area contributed by atoms with Crippen molar-refractivity contribution >= 4 is 5.91 Å². The monoisotopic (exact) mass is 356 g/mol. The van der Waals surface area contributed by atoms with Gasteiger partial charge in [-0.15, -0.1) is 0 Å². The Balaban J connectivity index is 1.37. The van der Waals surface area contributed by atoms with Crippen molar-refractivity contribution in [3.05, 3.63) is 35.9 Å². The smallest absolute Gasteiger partial charge is 0.261 e. The van der Waals surface area contributed by atoms with Crippen LogP contribution in [-0.2, 0) is 0 Å². The molecule has 2 bridgehead atoms. The predicted octanol–water partition coefficient (Wildman–Crippen LogP) is 2.67. The van der Waals surface area contributed by atoms with Gasteiger partial charge in [0.2, 0.25) is 0 Å². The van der Waals surface area contributed by atoms with E-state index in [-0.39, 0.29) is 5.91 Å². The third-order valence-corrected chi connectivity index (χ3v) is 6.21. The van der Waals surface area contributed by atoms with Gasteiger partial charge in [-0.1, -0.05) is 18.2 Å². The Morgan fingerprint density at radius 3 is 2.27 bits per heavy atom. The average molecular weight is 356 g/mol. The molecule has 26 heavy (non-hydrogen) atoms. The molecule has 0 unspecified atom stereocenters. The van der Waals surface area contributed by atoms with Crippen LogP contribution in [-0.4, -0.2) is 62.7 Å². The molecule has 1 amide bonds. The van der Waals surface area contributed by atoms with E-state index in [9.17, 15) is 4.79 Å². The number of ether oxygens (including phenoxy) is 2. The number of carbonyl (C=O) groups is 1. The summed E-state index contributed by atoms with van der Waals surface area (Å²) in [4.78, 5) is 17.5. The van der Waals surface area contributed by atoms with Crippen molar-refractivity contribution < 1.29 is 14.3 Å². The molecule has 0 aromatic heterocycles. The lowest BCUT2D eigenvalue weighted by Crippen LogP contribution is -2.50. The Labute approximate surface area is 155 Å². The molecule has 4 rings (SSSR count). The Morgan fingerprint density at radius 2 is 1.73 bits per heavy atom. The summed E-state index contributed by atoms with van der Waals surface area (Å²) >= 11 is 0. The Kier molecular flexibility index (Phi) is 4.90. The predicted molar refractivity (Wildman–Crippen MR) is 101 cm³/mol. The highest BCUT2D eigenvalue weighted by Crippen LogP contribution is 2.43. The topological polar surface area (TPSA) is 42.0 Å². The molecule has 2 fully saturated rings. The summed E-state index contributed by atoms with van der Waals surface area (Å²) in [5.74, 6) is 3.57. The van der Waals surface area contributed by atoms with E-state index in [2.05, 4.69) is 17.1 Å². The molecule has 0 spiro atoms. The molecule has 3 aliphatic rings. The fourth-order valence-corrected chi connectivity index (χ4v) is 4.79. The highest BCUT2D eigenvalue weighted by atomic mass is 16.5. The van der Waals surface area contributed by atoms with Gasteiger partial charge in [0.15, 0.2) is 0 Å². The number of benzene rings is 1. The highest BCUT2D eigenvalue weighted by molar-refractivity contribution is 5.99. The summed E-state index contributed by atoms with van der Waals surface area (Å²) in [7, 11) is 3.18. The van der Waals surface area contributed by atoms with Crippen molar-refractivity contribution in [1.82, 2.24) is 9.80 Å². The average Bonchev–Trinajstić information content (AvgIpc) is 3.30. The minimum atomic E-state index is 0.00167. The first kappa shape index (κ1) is 17.4. The number of carbonyl (C=O) groups excluding carboxylic acids is 1. The number of hydrogen-bond donors (Lipinski definition) is 0. The number of piperazine rings is 1. The van der Waals surface area contributed by atoms with Gasteiger partial charge < -0.3 is 14.4 Å². The molecule has 140 valence electrons. The van der Waals surface area contributed by atoms with Crippen molar-refractivity contribution in [2.24, 2.45) is 17.8 Å². The molecular formula is C21H28N2O3. The number of nitrogens with zero attached hydrogens (tertiary/aromatic N) is 2. The van der Waals surface area contributed by atoms with Crippen molar-refractivity contribution in [3.63, 3.8) is 0 Å². The standard InChI is InChI=1S/C21H28N2O3/c1-25-18-4-3-5-19(26-2)20(18)21(24)23-10-8-22(9-11-23)14-17-13-15-6-7-16(17)12-15/h3-7,15-17H,8-14H2,1-2H3/t15-,16-,17+/m0/s1. The van der Waals surface area contributed by atoms with Crippen LogP contribution in [0.3, 0.4) is 0 Å². The first-order valence-corrected chi connectivity index (χ1v) is 9.60. The molecule has 1 aliphatic heterocycles. The van der Waals surface area contributed by atoms with E-state index < -0.39 is 0 Å². The van der Waals surface area contributed by atoms with Gasteiger partial charge in [0.25, 0.3) is 5.91 Å². The van der Waals surface area contributed by atoms with E-state index >= 15 is 0 Å². The zero-order chi connectivity index (χ0) is 18.1. The maximum Gasteiger partial charge on any atom is 0.261 e. The second-order valence-electron chi connectivity index (χ2n) is 7.67. The summed E-state index contributed by atoms with van der Waals surface area (Å²) in [6.07, 6.45) is 7.53. The van der Waals surface area contributed by atoms with Gasteiger partial charge in [0.05, 0.1) is 14.2 Å². The molecular weight excluding hydrogens is 328 g/mol. The van der Waals surface area contributed by atoms with Crippen LogP contribution in [0.2, 0.25) is 0 Å². The minimum absolute atomic E-state index is 0.00167. The molecule has 3 atom stereocenters. The fourth-order valence-electron chi connectivity index (χ4n) is 4.79. The van der Waals surface area contributed by atoms with Crippen molar-refractivity contribution in [2.75, 3.05) is 46.9 Å². The molecule has 5 heteroatoms. The Morgan fingerprint density at radius 1 is 1.04 bits per heavy atom. The van der Waals surface area contributed by atoms with Crippen LogP contribution in [0.1, 0.15) is 23.2 Å². The fraction of sp³-hybridized carbons (Fsp3) is 0.571. The third kappa shape index (κ3) is 3.20. The van der Waals surface area contributed by atoms with Crippen molar-refractivity contribution in [3.8, 4) is 11.5 Å². The number of fused-ring (bicyclic) bond motifs is 2. The maximum atomic E-state index is 13.1. The molecule has 1 saturated heterocycles. The highest BCUT2D eigenvalue weighted by Gasteiger charge is 2.37. The summed E-state index contributed by atoms with van der Waals surface area (Å²) in [6, 6.07) is 5.47. The summed E-state index contributed by atoms with van der Waals surface area (Å²) in [6.45, 7) is 4.58. The van der Waals surface area contributed by atoms with Gasteiger partial charge in [-0.3, -0.25) is 9.69 Å². The van der Waals surface area contributed by atoms with Crippen LogP contribution in [0.4, 0.5) is 0 Å². The van der Waals surface area contributed by atoms with E-state index in [1.807, 2.05) is 23.1 Å². The van der Waals surface area contributed by atoms with Gasteiger partial charge in [-0.2, -0.15) is 0 Å². The molecule has 1 aromatic rings. The van der Waals surface area contributed by atoms with E-state index in [4.69, 9.17) is 9.47 Å². The molecule has 0 radical (unpaired) electrons. The molecule has 1 aromatic carbocycles. The van der Waals surface area contributed by atoms with E-state index in [1.165, 1.54) is 19.4 Å². The SMILES string of the molecule is COc1cccc(OC)c1C(=O)N1CCN(C[C@H]2C[C@H]3C=C[C@H]2C3)CC1. The largest absolute Gasteiger partial charge is 0.496 e. The van der Waals surface area contributed by atoms with Crippen LogP contribution in [0.25, 0.3) is 0 Å². The summed E-state index contributed by atoms with van der Waals surface area (Å²) in [5.41, 5.74) is 0.532. The van der Waals surface area contributed by atoms with Crippen LogP contribution in [0.5, 0.6) is 11.5 Å². The molecule has 1 saturated carbocycles. The number of amides is 1. The maximum absolute atomic E-state index is 13.1. The minimum Gasteiger partial charge on any atom is -0.496 e. The number of hydrogen-bond acceptors (Lipinski definition) is 4. The first-order chi connectivity index (χ1) is 12.7. The lowest BCUT2D eigenvalue weighted by Gasteiger charge is -2.37. The second kappa shape index (κ2) is 7.31. The number of rotatable bonds is 5. The van der Waals surface area contributed by atoms with Gasteiger partial charge in [-0.25, -0.2) is 0 Å². The first-order valence-electron chi connectivity index (χ1n) is 9.60. The number of allylic oxidation sites excluding steroid dienone is 2. The van der Waals surface area contributed by atoms with Gasteiger partial charge in [0.1, 0.15) is 17.1 Å². The summed E-state index contributed by atoms with van der Waals surface area (Å²) < 4.78 is 10.8. The Bertz CT molecular complexity index is 672. The normalized spacial score (nSPS) is 27.8. The molecule has 2 aliphatic carbocycles. The zero-order valence-corrected chi connectivity index (χ0v) is 15.7. The van der Waals surface area contributed by atoms with Crippen LogP contribution < -0.4 is 9.47 Å². The zero-order valence-electron chi connectivity index (χ0n) is 15.7. The van der Waals surface area contributed by atoms with Gasteiger partial charge in [-0.05, 0) is 42.7 Å². The van der Waals surface area contributed by atoms with Crippen LogP contribution in [0, 0.1) is 17.8 Å². The van der Waals surface area contributed by atoms with E-state index in [1.54, 1.807) is 14.2 Å². The van der Waals surface area contributed by atoms with Gasteiger partial charge >= 0.3 is 0 Å². The quantitative estimate of drug-likeness (QED) is 0.761. The van der Waals surface area contributed by atoms with Crippen molar-refractivity contribution in [1.29, 1.82) is 0 Å². The second-order valence-corrected chi connectivity index (χ2v) is 7.67. The van der Waals surface area contributed by atoms with E-state index in [0.717, 1.165) is 43.9 Å². The third-order valence-electron chi connectivity index (χ3n) is 6.21. The van der Waals surface area contributed by atoms with Crippen molar-refractivity contribution in [2.45, 2.75) is 12.8 Å². The van der Waals surface area contributed by atoms with E-state index in [0.29, 0.717) is 17.1 Å². The Hall–Kier alpha value is -2.01. The molecule has 5 nitrogen and oxygen atoms in total. The lowest BCUT2D eigenvalue weighted by atomic mass is 9.93. The molecule has 1 heterocycles. The van der Waals surface area contributed by atoms with Crippen LogP contribution >= 0.6 is 0 Å².